The Kier molecular flexibility index (Phi) is 3.88. The molecule has 0 aliphatic carbocycles. The van der Waals surface area contributed by atoms with Crippen LogP contribution < -0.4 is 15.5 Å². The van der Waals surface area contributed by atoms with Gasteiger partial charge in [-0.05, 0) is 36.8 Å². The Morgan fingerprint density at radius 3 is 2.33 bits per heavy atom. The number of piperazine rings is 1. The number of nitrogen functional groups attached to an aromatic ring is 1. The molecule has 0 unspecified atom stereocenters. The fraction of sp³-hybridized carbons (Fsp3) is 0.312. The molecule has 1 aliphatic rings. The average molecular weight is 303 g/mol. The van der Waals surface area contributed by atoms with E-state index in [9.17, 15) is 0 Å². The number of anilines is 3. The van der Waals surface area contributed by atoms with Crippen LogP contribution in [0, 0.1) is 6.92 Å². The van der Waals surface area contributed by atoms with Gasteiger partial charge >= 0.3 is 0 Å². The minimum atomic E-state index is 0.608. The molecule has 1 aromatic heterocycles. The topological polar surface area (TPSA) is 45.4 Å². The molecule has 1 saturated heterocycles. The van der Waals surface area contributed by atoms with Crippen LogP contribution in [0.5, 0.6) is 0 Å². The summed E-state index contributed by atoms with van der Waals surface area (Å²) in [5, 5.41) is 0.785. The van der Waals surface area contributed by atoms with Crippen molar-refractivity contribution in [2.45, 2.75) is 6.92 Å². The van der Waals surface area contributed by atoms with E-state index in [1.807, 2.05) is 31.3 Å². The number of aromatic nitrogens is 1. The third-order valence-corrected chi connectivity index (χ3v) is 4.16. The second-order valence-corrected chi connectivity index (χ2v) is 5.79. The second kappa shape index (κ2) is 5.82. The van der Waals surface area contributed by atoms with Gasteiger partial charge in [-0.3, -0.25) is 0 Å². The van der Waals surface area contributed by atoms with Crippen molar-refractivity contribution in [1.29, 1.82) is 0 Å². The lowest BCUT2D eigenvalue weighted by molar-refractivity contribution is 0.652. The Morgan fingerprint density at radius 1 is 1.05 bits per heavy atom. The van der Waals surface area contributed by atoms with Crippen LogP contribution in [0.1, 0.15) is 5.56 Å². The van der Waals surface area contributed by atoms with Gasteiger partial charge in [-0.1, -0.05) is 17.7 Å². The Morgan fingerprint density at radius 2 is 1.71 bits per heavy atom. The average Bonchev–Trinajstić information content (AvgIpc) is 2.50. The lowest BCUT2D eigenvalue weighted by atomic mass is 10.2. The van der Waals surface area contributed by atoms with Gasteiger partial charge in [-0.15, -0.1) is 0 Å². The highest BCUT2D eigenvalue weighted by Crippen LogP contribution is 2.23. The number of hydrogen-bond donors (Lipinski definition) is 1. The van der Waals surface area contributed by atoms with Gasteiger partial charge in [0.2, 0.25) is 0 Å². The Hall–Kier alpha value is -1.94. The van der Waals surface area contributed by atoms with Gasteiger partial charge in [0.1, 0.15) is 5.82 Å². The first kappa shape index (κ1) is 14.0. The second-order valence-electron chi connectivity index (χ2n) is 5.35. The SMILES string of the molecule is Cc1cc(N2CCN(c3cccc(Cl)c3)CC2)cnc1N. The molecule has 0 bridgehead atoms. The van der Waals surface area contributed by atoms with Crippen molar-refractivity contribution in [1.82, 2.24) is 4.98 Å². The van der Waals surface area contributed by atoms with Crippen LogP contribution in [-0.4, -0.2) is 31.2 Å². The summed E-state index contributed by atoms with van der Waals surface area (Å²) in [5.41, 5.74) is 9.15. The third kappa shape index (κ3) is 3.05. The molecule has 3 rings (SSSR count). The molecule has 0 spiro atoms. The van der Waals surface area contributed by atoms with E-state index >= 15 is 0 Å². The molecule has 1 aromatic carbocycles. The summed E-state index contributed by atoms with van der Waals surface area (Å²) < 4.78 is 0. The third-order valence-electron chi connectivity index (χ3n) is 3.92. The van der Waals surface area contributed by atoms with Gasteiger partial charge in [0.15, 0.2) is 0 Å². The smallest absolute Gasteiger partial charge is 0.126 e. The van der Waals surface area contributed by atoms with Crippen LogP contribution in [0.4, 0.5) is 17.2 Å². The minimum Gasteiger partial charge on any atom is -0.383 e. The largest absolute Gasteiger partial charge is 0.383 e. The molecule has 21 heavy (non-hydrogen) atoms. The van der Waals surface area contributed by atoms with Gasteiger partial charge in [0.25, 0.3) is 0 Å². The summed E-state index contributed by atoms with van der Waals surface area (Å²) in [6.07, 6.45) is 1.86. The van der Waals surface area contributed by atoms with Gasteiger partial charge in [0.05, 0.1) is 11.9 Å². The number of aryl methyl sites for hydroxylation is 1. The normalized spacial score (nSPS) is 15.3. The first-order valence-electron chi connectivity index (χ1n) is 7.11. The molecule has 0 radical (unpaired) electrons. The van der Waals surface area contributed by atoms with Crippen molar-refractivity contribution in [2.75, 3.05) is 41.7 Å². The van der Waals surface area contributed by atoms with Crippen molar-refractivity contribution in [2.24, 2.45) is 0 Å². The molecule has 4 nitrogen and oxygen atoms in total. The zero-order valence-corrected chi connectivity index (χ0v) is 12.8. The quantitative estimate of drug-likeness (QED) is 0.926. The zero-order valence-electron chi connectivity index (χ0n) is 12.1. The van der Waals surface area contributed by atoms with E-state index in [2.05, 4.69) is 26.9 Å². The number of halogens is 1. The van der Waals surface area contributed by atoms with E-state index in [1.165, 1.54) is 5.69 Å². The predicted octanol–water partition coefficient (Wildman–Crippen LogP) is 2.95. The Labute approximate surface area is 130 Å². The van der Waals surface area contributed by atoms with Gasteiger partial charge in [-0.2, -0.15) is 0 Å². The summed E-state index contributed by atoms with van der Waals surface area (Å²) in [5.74, 6) is 0.608. The Bertz CT molecular complexity index is 636. The number of benzene rings is 1. The minimum absolute atomic E-state index is 0.608. The first-order chi connectivity index (χ1) is 10.1. The summed E-state index contributed by atoms with van der Waals surface area (Å²) in [4.78, 5) is 8.96. The van der Waals surface area contributed by atoms with Crippen LogP contribution in [0.25, 0.3) is 0 Å². The number of nitrogens with two attached hydrogens (primary N) is 1. The van der Waals surface area contributed by atoms with Crippen LogP contribution in [0.15, 0.2) is 36.5 Å². The number of nitrogens with zero attached hydrogens (tertiary/aromatic N) is 3. The molecule has 0 amide bonds. The summed E-state index contributed by atoms with van der Waals surface area (Å²) in [7, 11) is 0. The molecule has 2 heterocycles. The van der Waals surface area contributed by atoms with E-state index in [0.717, 1.165) is 42.5 Å². The summed E-state index contributed by atoms with van der Waals surface area (Å²) in [6, 6.07) is 10.1. The van der Waals surface area contributed by atoms with Gasteiger partial charge in [0, 0.05) is 36.9 Å². The van der Waals surface area contributed by atoms with Gasteiger partial charge in [-0.25, -0.2) is 4.98 Å². The standard InChI is InChI=1S/C16H19ClN4/c1-12-9-15(11-19-16(12)18)21-7-5-20(6-8-21)14-4-2-3-13(17)10-14/h2-4,9-11H,5-8H2,1H3,(H2,18,19). The molecule has 1 aliphatic heterocycles. The van der Waals surface area contributed by atoms with E-state index < -0.39 is 0 Å². The van der Waals surface area contributed by atoms with E-state index in [1.54, 1.807) is 0 Å². The van der Waals surface area contributed by atoms with Crippen molar-refractivity contribution in [3.63, 3.8) is 0 Å². The van der Waals surface area contributed by atoms with Crippen molar-refractivity contribution in [3.05, 3.63) is 47.1 Å². The maximum absolute atomic E-state index is 6.06. The summed E-state index contributed by atoms with van der Waals surface area (Å²) >= 11 is 6.06. The molecule has 1 fully saturated rings. The predicted molar refractivity (Wildman–Crippen MR) is 89.3 cm³/mol. The fourth-order valence-corrected chi connectivity index (χ4v) is 2.82. The molecule has 2 N–H and O–H groups in total. The van der Waals surface area contributed by atoms with Crippen LogP contribution in [0.2, 0.25) is 5.02 Å². The number of rotatable bonds is 2. The first-order valence-corrected chi connectivity index (χ1v) is 7.49. The number of hydrogen-bond acceptors (Lipinski definition) is 4. The molecule has 2 aromatic rings. The lowest BCUT2D eigenvalue weighted by Gasteiger charge is -2.37. The van der Waals surface area contributed by atoms with E-state index in [-0.39, 0.29) is 0 Å². The molecular formula is C16H19ClN4. The fourth-order valence-electron chi connectivity index (χ4n) is 2.64. The summed E-state index contributed by atoms with van der Waals surface area (Å²) in [6.45, 7) is 5.89. The highest BCUT2D eigenvalue weighted by molar-refractivity contribution is 6.30. The van der Waals surface area contributed by atoms with Crippen LogP contribution >= 0.6 is 11.6 Å². The molecular weight excluding hydrogens is 284 g/mol. The molecule has 0 saturated carbocycles. The highest BCUT2D eigenvalue weighted by Gasteiger charge is 2.18. The monoisotopic (exact) mass is 302 g/mol. The maximum atomic E-state index is 6.06. The van der Waals surface area contributed by atoms with Gasteiger partial charge < -0.3 is 15.5 Å². The van der Waals surface area contributed by atoms with Crippen LogP contribution in [0.3, 0.4) is 0 Å². The maximum Gasteiger partial charge on any atom is 0.126 e. The lowest BCUT2D eigenvalue weighted by Crippen LogP contribution is -2.46. The zero-order chi connectivity index (χ0) is 14.8. The van der Waals surface area contributed by atoms with Crippen LogP contribution in [-0.2, 0) is 0 Å². The van der Waals surface area contributed by atoms with Crippen molar-refractivity contribution >= 4 is 28.8 Å². The van der Waals surface area contributed by atoms with E-state index in [0.29, 0.717) is 5.82 Å². The van der Waals surface area contributed by atoms with Crippen molar-refractivity contribution < 1.29 is 0 Å². The number of pyridine rings is 1. The van der Waals surface area contributed by atoms with E-state index in [4.69, 9.17) is 17.3 Å². The highest BCUT2D eigenvalue weighted by atomic mass is 35.5. The Balaban J connectivity index is 1.68. The molecule has 0 atom stereocenters. The molecule has 5 heteroatoms. The van der Waals surface area contributed by atoms with Crippen molar-refractivity contribution in [3.8, 4) is 0 Å². The molecule has 110 valence electrons.